The standard InChI is InChI=1S/C21H16FNO2/c22-18-5-3-4-17(14-18)21(24)12-9-16-7-10-20(11-8-16)25-15-19-6-1-2-13-23-19/h1-14H,15H2. The zero-order chi connectivity index (χ0) is 17.5. The molecule has 0 radical (unpaired) electrons. The number of allylic oxidation sites excluding steroid dienone is 1. The number of carbonyl (C=O) groups excluding carboxylic acids is 1. The van der Waals surface area contributed by atoms with Gasteiger partial charge in [-0.2, -0.15) is 0 Å². The lowest BCUT2D eigenvalue weighted by atomic mass is 10.1. The van der Waals surface area contributed by atoms with Crippen LogP contribution in [-0.2, 0) is 6.61 Å². The van der Waals surface area contributed by atoms with Crippen molar-refractivity contribution in [2.75, 3.05) is 0 Å². The van der Waals surface area contributed by atoms with Gasteiger partial charge in [0.05, 0.1) is 5.69 Å². The van der Waals surface area contributed by atoms with Crippen molar-refractivity contribution < 1.29 is 13.9 Å². The lowest BCUT2D eigenvalue weighted by Crippen LogP contribution is -1.97. The molecule has 4 heteroatoms. The van der Waals surface area contributed by atoms with Crippen molar-refractivity contribution >= 4 is 11.9 Å². The first kappa shape index (κ1) is 16.6. The van der Waals surface area contributed by atoms with Crippen molar-refractivity contribution in [1.82, 2.24) is 4.98 Å². The third-order valence-electron chi connectivity index (χ3n) is 3.53. The quantitative estimate of drug-likeness (QED) is 0.485. The molecule has 0 atom stereocenters. The number of carbonyl (C=O) groups is 1. The van der Waals surface area contributed by atoms with Gasteiger partial charge in [0.25, 0.3) is 0 Å². The van der Waals surface area contributed by atoms with Crippen molar-refractivity contribution in [2.45, 2.75) is 6.61 Å². The van der Waals surface area contributed by atoms with Crippen LogP contribution in [-0.4, -0.2) is 10.8 Å². The summed E-state index contributed by atoms with van der Waals surface area (Å²) >= 11 is 0. The summed E-state index contributed by atoms with van der Waals surface area (Å²) in [6.07, 6.45) is 4.84. The van der Waals surface area contributed by atoms with Gasteiger partial charge in [-0.1, -0.05) is 36.4 Å². The van der Waals surface area contributed by atoms with Crippen molar-refractivity contribution in [1.29, 1.82) is 0 Å². The van der Waals surface area contributed by atoms with Crippen LogP contribution in [0.2, 0.25) is 0 Å². The first-order valence-corrected chi connectivity index (χ1v) is 7.81. The Bertz CT molecular complexity index is 874. The summed E-state index contributed by atoms with van der Waals surface area (Å²) < 4.78 is 18.8. The van der Waals surface area contributed by atoms with Gasteiger partial charge in [0, 0.05) is 11.8 Å². The van der Waals surface area contributed by atoms with E-state index in [1.54, 1.807) is 18.3 Å². The molecule has 3 aromatic rings. The number of halogens is 1. The number of aromatic nitrogens is 1. The Morgan fingerprint density at radius 2 is 1.88 bits per heavy atom. The predicted molar refractivity (Wildman–Crippen MR) is 94.8 cm³/mol. The summed E-state index contributed by atoms with van der Waals surface area (Å²) in [6, 6.07) is 18.7. The molecular formula is C21H16FNO2. The molecule has 0 spiro atoms. The molecule has 1 aromatic heterocycles. The van der Waals surface area contributed by atoms with Gasteiger partial charge >= 0.3 is 0 Å². The molecule has 0 aliphatic rings. The summed E-state index contributed by atoms with van der Waals surface area (Å²) in [5.74, 6) is 0.0582. The largest absolute Gasteiger partial charge is 0.487 e. The molecule has 0 N–H and O–H groups in total. The molecule has 25 heavy (non-hydrogen) atoms. The summed E-state index contributed by atoms with van der Waals surface area (Å²) in [7, 11) is 0. The normalized spacial score (nSPS) is 10.8. The second kappa shape index (κ2) is 8.02. The van der Waals surface area contributed by atoms with E-state index in [1.807, 2.05) is 42.5 Å². The van der Waals surface area contributed by atoms with Gasteiger partial charge in [0.1, 0.15) is 18.2 Å². The van der Waals surface area contributed by atoms with Gasteiger partial charge in [-0.25, -0.2) is 4.39 Å². The Morgan fingerprint density at radius 3 is 2.60 bits per heavy atom. The van der Waals surface area contributed by atoms with E-state index >= 15 is 0 Å². The average molecular weight is 333 g/mol. The summed E-state index contributed by atoms with van der Waals surface area (Å²) in [5.41, 5.74) is 2.04. The first-order valence-electron chi connectivity index (χ1n) is 7.81. The molecule has 0 unspecified atom stereocenters. The maximum atomic E-state index is 13.1. The van der Waals surface area contributed by atoms with E-state index in [0.29, 0.717) is 12.2 Å². The lowest BCUT2D eigenvalue weighted by molar-refractivity contribution is 0.104. The van der Waals surface area contributed by atoms with Gasteiger partial charge in [0.15, 0.2) is 5.78 Å². The monoisotopic (exact) mass is 333 g/mol. The van der Waals surface area contributed by atoms with E-state index in [-0.39, 0.29) is 5.78 Å². The van der Waals surface area contributed by atoms with Crippen LogP contribution in [0.3, 0.4) is 0 Å². The van der Waals surface area contributed by atoms with Gasteiger partial charge < -0.3 is 4.74 Å². The number of pyridine rings is 1. The number of benzene rings is 2. The first-order chi connectivity index (χ1) is 12.2. The molecule has 2 aromatic carbocycles. The van der Waals surface area contributed by atoms with Crippen LogP contribution in [0.4, 0.5) is 4.39 Å². The highest BCUT2D eigenvalue weighted by Crippen LogP contribution is 2.15. The molecule has 0 aliphatic heterocycles. The highest BCUT2D eigenvalue weighted by atomic mass is 19.1. The molecule has 0 amide bonds. The van der Waals surface area contributed by atoms with Crippen molar-refractivity contribution in [3.05, 3.63) is 102 Å². The second-order valence-electron chi connectivity index (χ2n) is 5.39. The SMILES string of the molecule is O=C(C=Cc1ccc(OCc2ccccn2)cc1)c1cccc(F)c1. The number of ether oxygens (including phenoxy) is 1. The molecule has 3 rings (SSSR count). The minimum Gasteiger partial charge on any atom is -0.487 e. The maximum Gasteiger partial charge on any atom is 0.185 e. The van der Waals surface area contributed by atoms with Crippen LogP contribution in [0.5, 0.6) is 5.75 Å². The van der Waals surface area contributed by atoms with E-state index in [0.717, 1.165) is 17.0 Å². The fraction of sp³-hybridized carbons (Fsp3) is 0.0476. The third-order valence-corrected chi connectivity index (χ3v) is 3.53. The van der Waals surface area contributed by atoms with Crippen LogP contribution in [0.25, 0.3) is 6.08 Å². The third kappa shape index (κ3) is 4.85. The molecule has 0 saturated carbocycles. The van der Waals surface area contributed by atoms with Crippen molar-refractivity contribution in [3.8, 4) is 5.75 Å². The molecule has 1 heterocycles. The Kier molecular flexibility index (Phi) is 5.32. The molecule has 3 nitrogen and oxygen atoms in total. The van der Waals surface area contributed by atoms with Crippen molar-refractivity contribution in [2.24, 2.45) is 0 Å². The Hall–Kier alpha value is -3.27. The highest BCUT2D eigenvalue weighted by molar-refractivity contribution is 6.06. The molecule has 0 aliphatic carbocycles. The molecule has 0 fully saturated rings. The zero-order valence-electron chi connectivity index (χ0n) is 13.4. The van der Waals surface area contributed by atoms with Crippen LogP contribution >= 0.6 is 0 Å². The maximum absolute atomic E-state index is 13.1. The predicted octanol–water partition coefficient (Wildman–Crippen LogP) is 4.70. The van der Waals surface area contributed by atoms with E-state index in [2.05, 4.69) is 4.98 Å². The molecule has 124 valence electrons. The summed E-state index contributed by atoms with van der Waals surface area (Å²) in [4.78, 5) is 16.2. The topological polar surface area (TPSA) is 39.2 Å². The number of nitrogens with zero attached hydrogens (tertiary/aromatic N) is 1. The van der Waals surface area contributed by atoms with Crippen molar-refractivity contribution in [3.63, 3.8) is 0 Å². The van der Waals surface area contributed by atoms with Crippen LogP contribution in [0, 0.1) is 5.82 Å². The Labute approximate surface area is 145 Å². The summed E-state index contributed by atoms with van der Waals surface area (Å²) in [5, 5.41) is 0. The van der Waals surface area contributed by atoms with E-state index < -0.39 is 5.82 Å². The van der Waals surface area contributed by atoms with Gasteiger partial charge in [-0.15, -0.1) is 0 Å². The summed E-state index contributed by atoms with van der Waals surface area (Å²) in [6.45, 7) is 0.397. The second-order valence-corrected chi connectivity index (χ2v) is 5.39. The van der Waals surface area contributed by atoms with Crippen LogP contribution in [0.15, 0.2) is 79.0 Å². The van der Waals surface area contributed by atoms with Crippen LogP contribution < -0.4 is 4.74 Å². The van der Waals surface area contributed by atoms with Gasteiger partial charge in [0.2, 0.25) is 0 Å². The Balaban J connectivity index is 1.59. The average Bonchev–Trinajstić information content (AvgIpc) is 2.66. The molecule has 0 saturated heterocycles. The van der Waals surface area contributed by atoms with E-state index in [1.165, 1.54) is 24.3 Å². The lowest BCUT2D eigenvalue weighted by Gasteiger charge is -2.05. The number of hydrogen-bond acceptors (Lipinski definition) is 3. The smallest absolute Gasteiger partial charge is 0.185 e. The van der Waals surface area contributed by atoms with E-state index in [9.17, 15) is 9.18 Å². The van der Waals surface area contributed by atoms with E-state index in [4.69, 9.17) is 4.74 Å². The van der Waals surface area contributed by atoms with Crippen LogP contribution in [0.1, 0.15) is 21.6 Å². The molecule has 0 bridgehead atoms. The zero-order valence-corrected chi connectivity index (χ0v) is 13.4. The van der Waals surface area contributed by atoms with Gasteiger partial charge in [-0.05, 0) is 48.0 Å². The number of rotatable bonds is 6. The minimum absolute atomic E-state index is 0.241. The molecular weight excluding hydrogens is 317 g/mol. The fourth-order valence-corrected chi connectivity index (χ4v) is 2.23. The Morgan fingerprint density at radius 1 is 1.04 bits per heavy atom. The minimum atomic E-state index is -0.423. The number of ketones is 1. The number of hydrogen-bond donors (Lipinski definition) is 0. The highest BCUT2D eigenvalue weighted by Gasteiger charge is 2.02. The van der Waals surface area contributed by atoms with Gasteiger partial charge in [-0.3, -0.25) is 9.78 Å². The fourth-order valence-electron chi connectivity index (χ4n) is 2.23.